The molecule has 0 saturated heterocycles. The lowest BCUT2D eigenvalue weighted by molar-refractivity contribution is 0.652. The molecule has 8 rings (SSSR count). The molecule has 6 aromatic rings. The Kier molecular flexibility index (Phi) is 4.20. The van der Waals surface area contributed by atoms with Gasteiger partial charge in [-0.15, -0.1) is 0 Å². The van der Waals surface area contributed by atoms with Crippen molar-refractivity contribution in [3.05, 3.63) is 124 Å². The molecule has 0 fully saturated rings. The quantitative estimate of drug-likeness (QED) is 0.208. The van der Waals surface area contributed by atoms with Crippen molar-refractivity contribution in [3.8, 4) is 27.9 Å². The van der Waals surface area contributed by atoms with Crippen molar-refractivity contribution in [2.24, 2.45) is 0 Å². The lowest BCUT2D eigenvalue weighted by Gasteiger charge is -2.24. The fourth-order valence-electron chi connectivity index (χ4n) is 7.30. The zero-order valence-corrected chi connectivity index (χ0v) is 22.8. The van der Waals surface area contributed by atoms with Crippen LogP contribution in [0, 0.1) is 0 Å². The van der Waals surface area contributed by atoms with E-state index in [2.05, 4.69) is 123 Å². The molecule has 0 atom stereocenters. The molecule has 0 aliphatic heterocycles. The normalized spacial score (nSPS) is 15.9. The molecule has 0 amide bonds. The number of hydrogen-bond acceptors (Lipinski definition) is 0. The van der Waals surface area contributed by atoms with Crippen LogP contribution in [0.25, 0.3) is 49.7 Å². The number of nitrogens with zero attached hydrogens (tertiary/aromatic N) is 1. The molecule has 0 N–H and O–H groups in total. The Morgan fingerprint density at radius 2 is 1.11 bits per heavy atom. The minimum Gasteiger partial charge on any atom is -0.309 e. The van der Waals surface area contributed by atoms with Crippen LogP contribution in [0.4, 0.5) is 0 Å². The first-order valence-electron chi connectivity index (χ1n) is 13.4. The minimum absolute atomic E-state index is 0.0829. The van der Waals surface area contributed by atoms with Crippen molar-refractivity contribution in [2.75, 3.05) is 0 Å². The summed E-state index contributed by atoms with van der Waals surface area (Å²) in [5.41, 5.74) is 14.1. The number of para-hydroxylation sites is 2. The van der Waals surface area contributed by atoms with Gasteiger partial charge in [0.2, 0.25) is 0 Å². The first kappa shape index (κ1) is 22.2. The van der Waals surface area contributed by atoms with Gasteiger partial charge < -0.3 is 4.57 Å². The van der Waals surface area contributed by atoms with Gasteiger partial charge in [0.25, 0.3) is 0 Å². The van der Waals surface area contributed by atoms with Crippen LogP contribution in [0.15, 0.2) is 97.1 Å². The molecule has 2 aliphatic rings. The zero-order valence-electron chi connectivity index (χ0n) is 22.1. The van der Waals surface area contributed by atoms with Gasteiger partial charge in [0.1, 0.15) is 0 Å². The van der Waals surface area contributed by atoms with Gasteiger partial charge in [0.15, 0.2) is 0 Å². The first-order chi connectivity index (χ1) is 18.3. The molecule has 0 bridgehead atoms. The van der Waals surface area contributed by atoms with Crippen molar-refractivity contribution in [1.82, 2.24) is 4.57 Å². The van der Waals surface area contributed by atoms with E-state index < -0.39 is 0 Å². The average Bonchev–Trinajstić information content (AvgIpc) is 3.45. The SMILES string of the molecule is CC1(C)c2cc(-n3c4ccccc4c4ccccc43)ccc2-c2cc3c(cc21)-c1c(Cl)cccc1C3(C)C. The average molecular weight is 510 g/mol. The van der Waals surface area contributed by atoms with E-state index in [0.717, 1.165) is 5.02 Å². The molecule has 0 spiro atoms. The van der Waals surface area contributed by atoms with Crippen LogP contribution in [0.3, 0.4) is 0 Å². The third-order valence-corrected chi connectivity index (χ3v) is 9.58. The molecule has 1 aromatic heterocycles. The van der Waals surface area contributed by atoms with Crippen LogP contribution in [0.1, 0.15) is 49.9 Å². The topological polar surface area (TPSA) is 4.93 Å². The van der Waals surface area contributed by atoms with Crippen molar-refractivity contribution in [3.63, 3.8) is 0 Å². The summed E-state index contributed by atoms with van der Waals surface area (Å²) in [4.78, 5) is 0. The number of rotatable bonds is 1. The first-order valence-corrected chi connectivity index (χ1v) is 13.8. The summed E-state index contributed by atoms with van der Waals surface area (Å²) in [6.45, 7) is 9.39. The molecule has 0 radical (unpaired) electrons. The van der Waals surface area contributed by atoms with E-state index in [-0.39, 0.29) is 10.8 Å². The van der Waals surface area contributed by atoms with Gasteiger partial charge in [-0.25, -0.2) is 0 Å². The van der Waals surface area contributed by atoms with Gasteiger partial charge in [0, 0.05) is 37.9 Å². The van der Waals surface area contributed by atoms with Gasteiger partial charge in [-0.3, -0.25) is 0 Å². The summed E-state index contributed by atoms with van der Waals surface area (Å²) in [7, 11) is 0. The zero-order chi connectivity index (χ0) is 26.0. The fraction of sp³-hybridized carbons (Fsp3) is 0.167. The summed E-state index contributed by atoms with van der Waals surface area (Å²) in [6.07, 6.45) is 0. The molecule has 38 heavy (non-hydrogen) atoms. The van der Waals surface area contributed by atoms with E-state index in [1.807, 2.05) is 6.07 Å². The van der Waals surface area contributed by atoms with Crippen molar-refractivity contribution in [2.45, 2.75) is 38.5 Å². The number of benzene rings is 5. The lowest BCUT2D eigenvalue weighted by atomic mass is 9.79. The Labute approximate surface area is 228 Å². The lowest BCUT2D eigenvalue weighted by Crippen LogP contribution is -2.17. The highest BCUT2D eigenvalue weighted by Crippen LogP contribution is 2.57. The van der Waals surface area contributed by atoms with Gasteiger partial charge >= 0.3 is 0 Å². The number of aromatic nitrogens is 1. The van der Waals surface area contributed by atoms with Crippen LogP contribution in [-0.4, -0.2) is 4.57 Å². The standard InChI is InChI=1S/C36H28ClN/c1-35(2)27-12-9-13-31(37)34(27)26-20-29-25(19-30(26)35)22-17-16-21(18-28(22)36(29,3)4)38-32-14-7-5-10-23(32)24-11-6-8-15-33(24)38/h5-20H,1-4H3. The highest BCUT2D eigenvalue weighted by molar-refractivity contribution is 6.34. The van der Waals surface area contributed by atoms with E-state index in [9.17, 15) is 0 Å². The molecular formula is C36H28ClN. The molecule has 5 aromatic carbocycles. The molecule has 0 saturated carbocycles. The summed E-state index contributed by atoms with van der Waals surface area (Å²) in [5, 5.41) is 3.43. The predicted molar refractivity (Wildman–Crippen MR) is 161 cm³/mol. The Morgan fingerprint density at radius 1 is 0.526 bits per heavy atom. The molecular weight excluding hydrogens is 482 g/mol. The van der Waals surface area contributed by atoms with Crippen molar-refractivity contribution >= 4 is 33.4 Å². The summed E-state index contributed by atoms with van der Waals surface area (Å²) < 4.78 is 2.42. The molecule has 2 heteroatoms. The molecule has 0 unspecified atom stereocenters. The van der Waals surface area contributed by atoms with E-state index >= 15 is 0 Å². The summed E-state index contributed by atoms with van der Waals surface area (Å²) in [5.74, 6) is 0. The fourth-order valence-corrected chi connectivity index (χ4v) is 7.57. The highest BCUT2D eigenvalue weighted by atomic mass is 35.5. The van der Waals surface area contributed by atoms with Crippen molar-refractivity contribution < 1.29 is 0 Å². The van der Waals surface area contributed by atoms with E-state index in [1.54, 1.807) is 0 Å². The number of hydrogen-bond donors (Lipinski definition) is 0. The second-order valence-electron chi connectivity index (χ2n) is 12.0. The van der Waals surface area contributed by atoms with Gasteiger partial charge in [-0.05, 0) is 81.4 Å². The number of fused-ring (bicyclic) bond motifs is 9. The van der Waals surface area contributed by atoms with Crippen LogP contribution >= 0.6 is 11.6 Å². The van der Waals surface area contributed by atoms with Crippen LogP contribution in [-0.2, 0) is 10.8 Å². The maximum absolute atomic E-state index is 6.81. The highest BCUT2D eigenvalue weighted by Gasteiger charge is 2.42. The van der Waals surface area contributed by atoms with Gasteiger partial charge in [-0.2, -0.15) is 0 Å². The van der Waals surface area contributed by atoms with Crippen LogP contribution in [0.5, 0.6) is 0 Å². The van der Waals surface area contributed by atoms with E-state index in [1.165, 1.54) is 72.0 Å². The number of halogens is 1. The van der Waals surface area contributed by atoms with E-state index in [4.69, 9.17) is 11.6 Å². The molecule has 2 aliphatic carbocycles. The van der Waals surface area contributed by atoms with Gasteiger partial charge in [-0.1, -0.05) is 93.9 Å². The minimum atomic E-state index is -0.122. The van der Waals surface area contributed by atoms with Crippen molar-refractivity contribution in [1.29, 1.82) is 0 Å². The van der Waals surface area contributed by atoms with Crippen LogP contribution < -0.4 is 0 Å². The Bertz CT molecular complexity index is 1930. The largest absolute Gasteiger partial charge is 0.309 e. The molecule has 1 heterocycles. The van der Waals surface area contributed by atoms with Crippen LogP contribution in [0.2, 0.25) is 5.02 Å². The molecule has 1 nitrogen and oxygen atoms in total. The second-order valence-corrected chi connectivity index (χ2v) is 12.4. The third kappa shape index (κ3) is 2.63. The Morgan fingerprint density at radius 3 is 1.82 bits per heavy atom. The summed E-state index contributed by atoms with van der Waals surface area (Å²) >= 11 is 6.81. The smallest absolute Gasteiger partial charge is 0.0541 e. The monoisotopic (exact) mass is 509 g/mol. The summed E-state index contributed by atoms with van der Waals surface area (Å²) in [6, 6.07) is 35.8. The second kappa shape index (κ2) is 7.18. The predicted octanol–water partition coefficient (Wildman–Crippen LogP) is 10.0. The molecule has 184 valence electrons. The third-order valence-electron chi connectivity index (χ3n) is 9.27. The maximum atomic E-state index is 6.81. The van der Waals surface area contributed by atoms with E-state index in [0.29, 0.717) is 0 Å². The Hall–Kier alpha value is -3.81. The maximum Gasteiger partial charge on any atom is 0.0541 e. The Balaban J connectivity index is 1.37. The van der Waals surface area contributed by atoms with Gasteiger partial charge in [0.05, 0.1) is 11.0 Å².